The molecule has 4 N–H and O–H groups in total. The number of carbonyl (C=O) groups is 1. The molecule has 0 aliphatic rings. The van der Waals surface area contributed by atoms with E-state index in [1.165, 1.54) is 6.07 Å². The van der Waals surface area contributed by atoms with Gasteiger partial charge in [0.2, 0.25) is 0 Å². The third-order valence-electron chi connectivity index (χ3n) is 2.65. The highest BCUT2D eigenvalue weighted by Crippen LogP contribution is 2.14. The molecular weight excluding hydrogens is 280 g/mol. The van der Waals surface area contributed by atoms with E-state index in [1.807, 2.05) is 0 Å². The molecule has 2 aromatic rings. The Bertz CT molecular complexity index is 697. The van der Waals surface area contributed by atoms with Crippen LogP contribution < -0.4 is 11.1 Å². The van der Waals surface area contributed by atoms with Gasteiger partial charge >= 0.3 is 0 Å². The smallest absolute Gasteiger partial charge is 0.255 e. The summed E-state index contributed by atoms with van der Waals surface area (Å²) in [6.45, 7) is 0. The number of halogens is 2. The lowest BCUT2D eigenvalue weighted by atomic mass is 10.1. The number of amides is 1. The van der Waals surface area contributed by atoms with Gasteiger partial charge in [0.05, 0.1) is 0 Å². The quantitative estimate of drug-likeness (QED) is 0.351. The topological polar surface area (TPSA) is 87.7 Å². The maximum atomic E-state index is 13.1. The Morgan fingerprint density at radius 2 is 1.76 bits per heavy atom. The molecule has 5 nitrogen and oxygen atoms in total. The molecule has 2 rings (SSSR count). The number of nitrogens with two attached hydrogens (primary N) is 1. The number of hydrogen-bond donors (Lipinski definition) is 3. The van der Waals surface area contributed by atoms with Gasteiger partial charge < -0.3 is 16.3 Å². The monoisotopic (exact) mass is 291 g/mol. The fraction of sp³-hybridized carbons (Fsp3) is 0. The molecule has 0 heterocycles. The maximum absolute atomic E-state index is 13.1. The SMILES string of the molecule is N/C(=N/O)c1cccc(NC(=O)c2cc(F)cc(F)c2)c1. The number of nitrogens with zero attached hydrogens (tertiary/aromatic N) is 1. The van der Waals surface area contributed by atoms with Crippen molar-refractivity contribution in [3.63, 3.8) is 0 Å². The van der Waals surface area contributed by atoms with Crippen LogP contribution in [0.1, 0.15) is 15.9 Å². The lowest BCUT2D eigenvalue weighted by Crippen LogP contribution is -2.15. The van der Waals surface area contributed by atoms with E-state index < -0.39 is 17.5 Å². The van der Waals surface area contributed by atoms with Crippen molar-refractivity contribution in [3.05, 3.63) is 65.2 Å². The van der Waals surface area contributed by atoms with Crippen molar-refractivity contribution in [2.75, 3.05) is 5.32 Å². The molecule has 0 unspecified atom stereocenters. The summed E-state index contributed by atoms with van der Waals surface area (Å²) >= 11 is 0. The van der Waals surface area contributed by atoms with Crippen LogP contribution in [0.3, 0.4) is 0 Å². The average Bonchev–Trinajstić information content (AvgIpc) is 2.45. The van der Waals surface area contributed by atoms with Gasteiger partial charge in [-0.2, -0.15) is 0 Å². The zero-order chi connectivity index (χ0) is 15.4. The minimum Gasteiger partial charge on any atom is -0.409 e. The largest absolute Gasteiger partial charge is 0.409 e. The van der Waals surface area contributed by atoms with Gasteiger partial charge in [-0.15, -0.1) is 0 Å². The first kappa shape index (κ1) is 14.4. The molecule has 0 bridgehead atoms. The highest BCUT2D eigenvalue weighted by Gasteiger charge is 2.10. The van der Waals surface area contributed by atoms with E-state index in [4.69, 9.17) is 10.9 Å². The van der Waals surface area contributed by atoms with E-state index in [-0.39, 0.29) is 11.4 Å². The second-order valence-corrected chi connectivity index (χ2v) is 4.18. The number of carbonyl (C=O) groups excluding carboxylic acids is 1. The number of benzene rings is 2. The van der Waals surface area contributed by atoms with Crippen LogP contribution in [0.5, 0.6) is 0 Å². The predicted molar refractivity (Wildman–Crippen MR) is 73.3 cm³/mol. The molecule has 0 spiro atoms. The van der Waals surface area contributed by atoms with E-state index >= 15 is 0 Å². The van der Waals surface area contributed by atoms with Crippen molar-refractivity contribution in [1.29, 1.82) is 0 Å². The molecule has 0 saturated carbocycles. The van der Waals surface area contributed by atoms with Crippen molar-refractivity contribution in [2.24, 2.45) is 10.9 Å². The molecule has 0 aliphatic carbocycles. The summed E-state index contributed by atoms with van der Waals surface area (Å²) in [4.78, 5) is 11.9. The zero-order valence-corrected chi connectivity index (χ0v) is 10.7. The highest BCUT2D eigenvalue weighted by molar-refractivity contribution is 6.05. The first-order valence-electron chi connectivity index (χ1n) is 5.85. The van der Waals surface area contributed by atoms with Crippen LogP contribution in [0.2, 0.25) is 0 Å². The molecule has 0 fully saturated rings. The van der Waals surface area contributed by atoms with Gasteiger partial charge in [-0.25, -0.2) is 8.78 Å². The van der Waals surface area contributed by atoms with Crippen molar-refractivity contribution >= 4 is 17.4 Å². The number of oxime groups is 1. The van der Waals surface area contributed by atoms with Crippen molar-refractivity contribution in [2.45, 2.75) is 0 Å². The normalized spacial score (nSPS) is 11.2. The highest BCUT2D eigenvalue weighted by atomic mass is 19.1. The Hall–Kier alpha value is -2.96. The Labute approximate surface area is 118 Å². The molecule has 21 heavy (non-hydrogen) atoms. The summed E-state index contributed by atoms with van der Waals surface area (Å²) in [5.74, 6) is -2.48. The Kier molecular flexibility index (Phi) is 4.13. The molecule has 1 amide bonds. The van der Waals surface area contributed by atoms with Crippen LogP contribution in [-0.4, -0.2) is 17.0 Å². The summed E-state index contributed by atoms with van der Waals surface area (Å²) in [5, 5.41) is 13.9. The summed E-state index contributed by atoms with van der Waals surface area (Å²) in [5.41, 5.74) is 6.01. The number of nitrogens with one attached hydrogen (secondary N) is 1. The van der Waals surface area contributed by atoms with E-state index in [0.29, 0.717) is 17.3 Å². The molecule has 0 saturated heterocycles. The van der Waals surface area contributed by atoms with E-state index in [1.54, 1.807) is 18.2 Å². The number of hydrogen-bond acceptors (Lipinski definition) is 3. The van der Waals surface area contributed by atoms with Gasteiger partial charge in [-0.05, 0) is 24.3 Å². The second kappa shape index (κ2) is 6.00. The third-order valence-corrected chi connectivity index (χ3v) is 2.65. The molecule has 0 aliphatic heterocycles. The van der Waals surface area contributed by atoms with Crippen LogP contribution in [-0.2, 0) is 0 Å². The minimum absolute atomic E-state index is 0.122. The van der Waals surface area contributed by atoms with Gasteiger partial charge in [-0.1, -0.05) is 17.3 Å². The Morgan fingerprint density at radius 3 is 2.38 bits per heavy atom. The maximum Gasteiger partial charge on any atom is 0.255 e. The molecular formula is C14H11F2N3O2. The molecule has 7 heteroatoms. The Morgan fingerprint density at radius 1 is 1.10 bits per heavy atom. The molecule has 0 radical (unpaired) electrons. The summed E-state index contributed by atoms with van der Waals surface area (Å²) in [7, 11) is 0. The summed E-state index contributed by atoms with van der Waals surface area (Å²) in [6, 6.07) is 8.69. The summed E-state index contributed by atoms with van der Waals surface area (Å²) in [6.07, 6.45) is 0. The van der Waals surface area contributed by atoms with Gasteiger partial charge in [0, 0.05) is 22.9 Å². The first-order valence-corrected chi connectivity index (χ1v) is 5.85. The van der Waals surface area contributed by atoms with E-state index in [2.05, 4.69) is 10.5 Å². The fourth-order valence-corrected chi connectivity index (χ4v) is 1.70. The lowest BCUT2D eigenvalue weighted by molar-refractivity contribution is 0.102. The number of rotatable bonds is 3. The fourth-order valence-electron chi connectivity index (χ4n) is 1.70. The van der Waals surface area contributed by atoms with Crippen molar-refractivity contribution < 1.29 is 18.8 Å². The van der Waals surface area contributed by atoms with Gasteiger partial charge in [0.25, 0.3) is 5.91 Å². The minimum atomic E-state index is -0.842. The lowest BCUT2D eigenvalue weighted by Gasteiger charge is -2.07. The zero-order valence-electron chi connectivity index (χ0n) is 10.7. The van der Waals surface area contributed by atoms with Crippen LogP contribution in [0.15, 0.2) is 47.6 Å². The van der Waals surface area contributed by atoms with Crippen molar-refractivity contribution in [1.82, 2.24) is 0 Å². The Balaban J connectivity index is 2.23. The molecule has 2 aromatic carbocycles. The van der Waals surface area contributed by atoms with Crippen molar-refractivity contribution in [3.8, 4) is 0 Å². The van der Waals surface area contributed by atoms with Crippen LogP contribution >= 0.6 is 0 Å². The average molecular weight is 291 g/mol. The number of amidine groups is 1. The second-order valence-electron chi connectivity index (χ2n) is 4.18. The van der Waals surface area contributed by atoms with Gasteiger partial charge in [0.15, 0.2) is 5.84 Å². The van der Waals surface area contributed by atoms with Crippen LogP contribution in [0.4, 0.5) is 14.5 Å². The van der Waals surface area contributed by atoms with E-state index in [0.717, 1.165) is 12.1 Å². The van der Waals surface area contributed by atoms with Crippen LogP contribution in [0, 0.1) is 11.6 Å². The standard InChI is InChI=1S/C14H11F2N3O2/c15-10-4-9(5-11(16)7-10)14(20)18-12-3-1-2-8(6-12)13(17)19-21/h1-7,21H,(H2,17,19)(H,18,20). The van der Waals surface area contributed by atoms with Gasteiger partial charge in [0.1, 0.15) is 11.6 Å². The van der Waals surface area contributed by atoms with Gasteiger partial charge in [-0.3, -0.25) is 4.79 Å². The van der Waals surface area contributed by atoms with Crippen LogP contribution in [0.25, 0.3) is 0 Å². The third kappa shape index (κ3) is 3.53. The molecule has 108 valence electrons. The predicted octanol–water partition coefficient (Wildman–Crippen LogP) is 2.31. The molecule has 0 aromatic heterocycles. The first-order chi connectivity index (χ1) is 9.99. The molecule has 0 atom stereocenters. The number of anilines is 1. The summed E-state index contributed by atoms with van der Waals surface area (Å²) < 4.78 is 26.1. The van der Waals surface area contributed by atoms with E-state index in [9.17, 15) is 13.6 Å².